The maximum atomic E-state index is 12.1. The van der Waals surface area contributed by atoms with Gasteiger partial charge in [0.2, 0.25) is 0 Å². The molecule has 0 saturated heterocycles. The van der Waals surface area contributed by atoms with Gasteiger partial charge in [0.05, 0.1) is 6.54 Å². The second-order valence-corrected chi connectivity index (χ2v) is 5.35. The number of carbonyl (C=O) groups excluding carboxylic acids is 1. The summed E-state index contributed by atoms with van der Waals surface area (Å²) in [5.74, 6) is 0.235. The number of likely N-dealkylation sites (N-methyl/N-ethyl adjacent to an activating group) is 1. The fourth-order valence-electron chi connectivity index (χ4n) is 2.46. The Labute approximate surface area is 121 Å². The molecule has 0 radical (unpaired) electrons. The Morgan fingerprint density at radius 3 is 2.40 bits per heavy atom. The monoisotopic (exact) mass is 267 g/mol. The van der Waals surface area contributed by atoms with E-state index >= 15 is 0 Å². The van der Waals surface area contributed by atoms with E-state index in [1.807, 2.05) is 42.3 Å². The number of hydrogen-bond donors (Lipinski definition) is 0. The number of ketones is 1. The van der Waals surface area contributed by atoms with E-state index in [2.05, 4.69) is 32.0 Å². The van der Waals surface area contributed by atoms with E-state index < -0.39 is 0 Å². The smallest absolute Gasteiger partial charge is 0.156 e. The highest BCUT2D eigenvalue weighted by atomic mass is 16.1. The predicted molar refractivity (Wildman–Crippen MR) is 84.3 cm³/mol. The number of rotatable bonds is 5. The second-order valence-electron chi connectivity index (χ2n) is 5.35. The first-order valence-electron chi connectivity index (χ1n) is 6.90. The Bertz CT molecular complexity index is 590. The van der Waals surface area contributed by atoms with E-state index in [0.29, 0.717) is 13.0 Å². The normalized spacial score (nSPS) is 10.3. The van der Waals surface area contributed by atoms with Gasteiger partial charge in [0.1, 0.15) is 0 Å². The van der Waals surface area contributed by atoms with Crippen molar-refractivity contribution in [2.75, 3.05) is 18.5 Å². The number of aryl methyl sites for hydroxylation is 2. The summed E-state index contributed by atoms with van der Waals surface area (Å²) in [5, 5.41) is 0. The van der Waals surface area contributed by atoms with Crippen LogP contribution in [0, 0.1) is 13.8 Å². The van der Waals surface area contributed by atoms with Gasteiger partial charge in [-0.2, -0.15) is 0 Å². The van der Waals surface area contributed by atoms with Gasteiger partial charge in [0, 0.05) is 19.2 Å². The maximum Gasteiger partial charge on any atom is 0.156 e. The molecule has 2 nitrogen and oxygen atoms in total. The molecule has 0 aromatic heterocycles. The van der Waals surface area contributed by atoms with Crippen LogP contribution in [0.3, 0.4) is 0 Å². The molecule has 0 aliphatic heterocycles. The van der Waals surface area contributed by atoms with Crippen molar-refractivity contribution < 1.29 is 4.79 Å². The molecule has 0 aliphatic carbocycles. The number of hydrogen-bond acceptors (Lipinski definition) is 2. The summed E-state index contributed by atoms with van der Waals surface area (Å²) in [7, 11) is 1.97. The van der Waals surface area contributed by atoms with Crippen LogP contribution < -0.4 is 4.90 Å². The number of anilines is 1. The van der Waals surface area contributed by atoms with Crippen LogP contribution in [-0.2, 0) is 11.2 Å². The summed E-state index contributed by atoms with van der Waals surface area (Å²) in [4.78, 5) is 14.2. The molecule has 0 saturated carbocycles. The first-order chi connectivity index (χ1) is 9.56. The molecule has 0 aliphatic rings. The number of benzene rings is 2. The third kappa shape index (κ3) is 3.70. The zero-order valence-electron chi connectivity index (χ0n) is 12.4. The molecule has 0 fully saturated rings. The number of carbonyl (C=O) groups is 1. The lowest BCUT2D eigenvalue weighted by Crippen LogP contribution is -2.27. The van der Waals surface area contributed by atoms with E-state index in [-0.39, 0.29) is 5.78 Å². The van der Waals surface area contributed by atoms with Crippen molar-refractivity contribution in [2.24, 2.45) is 0 Å². The molecule has 0 amide bonds. The molecule has 0 spiro atoms. The van der Waals surface area contributed by atoms with Crippen molar-refractivity contribution in [2.45, 2.75) is 20.3 Å². The predicted octanol–water partition coefficient (Wildman–Crippen LogP) is 3.55. The fraction of sp³-hybridized carbons (Fsp3) is 0.278. The van der Waals surface area contributed by atoms with Crippen LogP contribution in [0.4, 0.5) is 5.69 Å². The van der Waals surface area contributed by atoms with Crippen LogP contribution in [0.5, 0.6) is 0 Å². The van der Waals surface area contributed by atoms with E-state index in [0.717, 1.165) is 11.3 Å². The molecule has 0 bridgehead atoms. The van der Waals surface area contributed by atoms with Crippen molar-refractivity contribution in [1.82, 2.24) is 0 Å². The van der Waals surface area contributed by atoms with E-state index in [1.165, 1.54) is 11.1 Å². The lowest BCUT2D eigenvalue weighted by molar-refractivity contribution is -0.117. The van der Waals surface area contributed by atoms with Crippen LogP contribution in [0.1, 0.15) is 16.7 Å². The Morgan fingerprint density at radius 1 is 1.05 bits per heavy atom. The van der Waals surface area contributed by atoms with Crippen molar-refractivity contribution in [3.63, 3.8) is 0 Å². The van der Waals surface area contributed by atoms with Crippen LogP contribution in [0.15, 0.2) is 48.5 Å². The third-order valence-corrected chi connectivity index (χ3v) is 3.42. The number of Topliss-reactive ketones (excluding diaryl/α,β-unsaturated/α-hetero) is 1. The minimum Gasteiger partial charge on any atom is -0.367 e. The average molecular weight is 267 g/mol. The molecule has 0 N–H and O–H groups in total. The third-order valence-electron chi connectivity index (χ3n) is 3.42. The van der Waals surface area contributed by atoms with E-state index in [1.54, 1.807) is 0 Å². The minimum absolute atomic E-state index is 0.235. The van der Waals surface area contributed by atoms with Gasteiger partial charge in [-0.1, -0.05) is 48.0 Å². The lowest BCUT2D eigenvalue weighted by Gasteiger charge is -2.21. The molecule has 2 rings (SSSR count). The van der Waals surface area contributed by atoms with Gasteiger partial charge in [-0.25, -0.2) is 0 Å². The number of nitrogens with zero attached hydrogens (tertiary/aromatic N) is 1. The second kappa shape index (κ2) is 6.38. The Kier molecular flexibility index (Phi) is 4.57. The maximum absolute atomic E-state index is 12.1. The summed E-state index contributed by atoms with van der Waals surface area (Å²) in [6.45, 7) is 4.61. The summed E-state index contributed by atoms with van der Waals surface area (Å²) >= 11 is 0. The van der Waals surface area contributed by atoms with Gasteiger partial charge < -0.3 is 4.90 Å². The summed E-state index contributed by atoms with van der Waals surface area (Å²) in [5.41, 5.74) is 4.65. The molecule has 2 aromatic carbocycles. The summed E-state index contributed by atoms with van der Waals surface area (Å²) < 4.78 is 0. The SMILES string of the molecule is Cc1ccc(N(C)CC(=O)Cc2ccccc2)c(C)c1. The zero-order valence-corrected chi connectivity index (χ0v) is 12.4. The minimum atomic E-state index is 0.235. The van der Waals surface area contributed by atoms with Crippen LogP contribution in [0.25, 0.3) is 0 Å². The van der Waals surface area contributed by atoms with Crippen molar-refractivity contribution in [3.8, 4) is 0 Å². The quantitative estimate of drug-likeness (QED) is 0.825. The van der Waals surface area contributed by atoms with Gasteiger partial charge in [0.25, 0.3) is 0 Å². The molecular formula is C18H21NO. The molecule has 20 heavy (non-hydrogen) atoms. The highest BCUT2D eigenvalue weighted by Gasteiger charge is 2.10. The largest absolute Gasteiger partial charge is 0.367 e. The van der Waals surface area contributed by atoms with Crippen molar-refractivity contribution in [1.29, 1.82) is 0 Å². The molecule has 0 unspecified atom stereocenters. The molecule has 2 heteroatoms. The van der Waals surface area contributed by atoms with E-state index in [9.17, 15) is 4.79 Å². The lowest BCUT2D eigenvalue weighted by atomic mass is 10.1. The molecular weight excluding hydrogens is 246 g/mol. The van der Waals surface area contributed by atoms with Crippen molar-refractivity contribution in [3.05, 3.63) is 65.2 Å². The Balaban J connectivity index is 2.00. The topological polar surface area (TPSA) is 20.3 Å². The van der Waals surface area contributed by atoms with Crippen LogP contribution in [-0.4, -0.2) is 19.4 Å². The molecule has 2 aromatic rings. The van der Waals surface area contributed by atoms with Gasteiger partial charge in [-0.05, 0) is 31.0 Å². The first kappa shape index (κ1) is 14.3. The molecule has 0 heterocycles. The average Bonchev–Trinajstić information content (AvgIpc) is 2.39. The van der Waals surface area contributed by atoms with Gasteiger partial charge in [-0.3, -0.25) is 4.79 Å². The van der Waals surface area contributed by atoms with E-state index in [4.69, 9.17) is 0 Å². The van der Waals surface area contributed by atoms with Crippen molar-refractivity contribution >= 4 is 11.5 Å². The first-order valence-corrected chi connectivity index (χ1v) is 6.90. The fourth-order valence-corrected chi connectivity index (χ4v) is 2.46. The summed E-state index contributed by atoms with van der Waals surface area (Å²) in [6, 6.07) is 16.2. The highest BCUT2D eigenvalue weighted by molar-refractivity contribution is 5.85. The molecule has 0 atom stereocenters. The summed E-state index contributed by atoms with van der Waals surface area (Å²) in [6.07, 6.45) is 0.496. The highest BCUT2D eigenvalue weighted by Crippen LogP contribution is 2.19. The van der Waals surface area contributed by atoms with Gasteiger partial charge in [-0.15, -0.1) is 0 Å². The van der Waals surface area contributed by atoms with Crippen LogP contribution in [0.2, 0.25) is 0 Å². The zero-order chi connectivity index (χ0) is 14.5. The van der Waals surface area contributed by atoms with Gasteiger partial charge >= 0.3 is 0 Å². The van der Waals surface area contributed by atoms with Gasteiger partial charge in [0.15, 0.2) is 5.78 Å². The molecule has 104 valence electrons. The Morgan fingerprint density at radius 2 is 1.75 bits per heavy atom. The standard InChI is InChI=1S/C18H21NO/c1-14-9-10-18(15(2)11-14)19(3)13-17(20)12-16-7-5-4-6-8-16/h4-11H,12-13H2,1-3H3. The Hall–Kier alpha value is -2.09. The van der Waals surface area contributed by atoms with Crippen LogP contribution >= 0.6 is 0 Å².